The lowest BCUT2D eigenvalue weighted by Crippen LogP contribution is -2.25. The summed E-state index contributed by atoms with van der Waals surface area (Å²) in [6, 6.07) is 11.4. The highest BCUT2D eigenvalue weighted by atomic mass is 16.5. The average molecular weight is 281 g/mol. The number of carbonyl (C=O) groups excluding carboxylic acids is 1. The van der Waals surface area contributed by atoms with Crippen LogP contribution in [0.2, 0.25) is 0 Å². The number of methoxy groups -OCH3 is 1. The van der Waals surface area contributed by atoms with Crippen LogP contribution in [0.3, 0.4) is 0 Å². The maximum atomic E-state index is 12.1. The molecule has 0 aliphatic heterocycles. The second-order valence-electron chi connectivity index (χ2n) is 4.68. The molecule has 106 valence electrons. The minimum absolute atomic E-state index is 0.434. The molecule has 0 aliphatic rings. The van der Waals surface area contributed by atoms with Gasteiger partial charge >= 0.3 is 6.09 Å². The van der Waals surface area contributed by atoms with E-state index in [0.29, 0.717) is 5.69 Å². The van der Waals surface area contributed by atoms with E-state index >= 15 is 0 Å². The molecule has 0 aliphatic carbocycles. The summed E-state index contributed by atoms with van der Waals surface area (Å²) in [6.07, 6.45) is 4.85. The highest BCUT2D eigenvalue weighted by molar-refractivity contribution is 5.98. The third-order valence-electron chi connectivity index (χ3n) is 3.41. The van der Waals surface area contributed by atoms with Gasteiger partial charge in [0.1, 0.15) is 0 Å². The van der Waals surface area contributed by atoms with Crippen LogP contribution in [-0.2, 0) is 11.8 Å². The van der Waals surface area contributed by atoms with Crippen LogP contribution in [0.4, 0.5) is 16.2 Å². The fourth-order valence-corrected chi connectivity index (χ4v) is 2.35. The second-order valence-corrected chi connectivity index (χ2v) is 4.68. The summed E-state index contributed by atoms with van der Waals surface area (Å²) in [5, 5.41) is 1.07. The number of rotatable bonds is 2. The molecule has 2 aromatic heterocycles. The van der Waals surface area contributed by atoms with E-state index in [-0.39, 0.29) is 0 Å². The van der Waals surface area contributed by atoms with Gasteiger partial charge in [-0.05, 0) is 36.4 Å². The number of fused-ring (bicyclic) bond motifs is 1. The maximum absolute atomic E-state index is 12.1. The zero-order valence-corrected chi connectivity index (χ0v) is 11.9. The summed E-state index contributed by atoms with van der Waals surface area (Å²) in [6.45, 7) is 0. The molecule has 3 aromatic rings. The monoisotopic (exact) mass is 281 g/mol. The zero-order chi connectivity index (χ0) is 14.8. The number of amides is 1. The molecule has 1 amide bonds. The molecular formula is C16H15N3O2. The molecule has 2 heterocycles. The van der Waals surface area contributed by atoms with E-state index in [2.05, 4.69) is 4.98 Å². The number of nitrogens with zero attached hydrogens (tertiary/aromatic N) is 3. The van der Waals surface area contributed by atoms with E-state index in [4.69, 9.17) is 4.74 Å². The molecule has 0 saturated heterocycles. The number of pyridine rings is 1. The Bertz CT molecular complexity index is 781. The van der Waals surface area contributed by atoms with Gasteiger partial charge in [0.05, 0.1) is 18.5 Å². The molecule has 1 aromatic carbocycles. The van der Waals surface area contributed by atoms with Gasteiger partial charge in [-0.25, -0.2) is 9.69 Å². The van der Waals surface area contributed by atoms with Gasteiger partial charge < -0.3 is 9.30 Å². The maximum Gasteiger partial charge on any atom is 0.418 e. The molecule has 0 fully saturated rings. The lowest BCUT2D eigenvalue weighted by atomic mass is 10.2. The molecule has 5 nitrogen and oxygen atoms in total. The highest BCUT2D eigenvalue weighted by Gasteiger charge is 2.19. The van der Waals surface area contributed by atoms with Gasteiger partial charge in [-0.2, -0.15) is 0 Å². The van der Waals surface area contributed by atoms with E-state index in [1.165, 1.54) is 12.0 Å². The van der Waals surface area contributed by atoms with Crippen LogP contribution in [0.1, 0.15) is 0 Å². The Morgan fingerprint density at radius 3 is 2.62 bits per heavy atom. The van der Waals surface area contributed by atoms with Gasteiger partial charge in [0.25, 0.3) is 0 Å². The van der Waals surface area contributed by atoms with Crippen LogP contribution in [0, 0.1) is 0 Å². The van der Waals surface area contributed by atoms with Crippen LogP contribution < -0.4 is 4.90 Å². The number of aryl methyl sites for hydroxylation is 1. The van der Waals surface area contributed by atoms with Crippen molar-refractivity contribution in [2.45, 2.75) is 0 Å². The number of anilines is 2. The van der Waals surface area contributed by atoms with Crippen molar-refractivity contribution in [2.75, 3.05) is 12.0 Å². The van der Waals surface area contributed by atoms with Gasteiger partial charge in [0.2, 0.25) is 0 Å². The molecule has 0 radical (unpaired) electrons. The normalized spacial score (nSPS) is 10.6. The van der Waals surface area contributed by atoms with E-state index in [9.17, 15) is 4.79 Å². The Morgan fingerprint density at radius 1 is 1.14 bits per heavy atom. The summed E-state index contributed by atoms with van der Waals surface area (Å²) < 4.78 is 6.94. The molecule has 0 bridgehead atoms. The molecule has 0 spiro atoms. The average Bonchev–Trinajstić information content (AvgIpc) is 2.89. The van der Waals surface area contributed by atoms with Crippen molar-refractivity contribution in [3.8, 4) is 0 Å². The number of aromatic nitrogens is 2. The molecule has 0 atom stereocenters. The van der Waals surface area contributed by atoms with Crippen molar-refractivity contribution in [3.63, 3.8) is 0 Å². The first kappa shape index (κ1) is 13.2. The quantitative estimate of drug-likeness (QED) is 0.722. The Kier molecular flexibility index (Phi) is 3.31. The number of ether oxygens (including phenoxy) is 1. The molecular weight excluding hydrogens is 266 g/mol. The predicted molar refractivity (Wildman–Crippen MR) is 81.7 cm³/mol. The molecule has 0 unspecified atom stereocenters. The van der Waals surface area contributed by atoms with E-state index in [0.717, 1.165) is 16.6 Å². The molecule has 5 heteroatoms. The Labute approximate surface area is 122 Å². The Balaban J connectivity index is 2.12. The SMILES string of the molecule is COC(=O)N(c1ccncc1)c1ccc2c(ccn2C)c1. The second kappa shape index (κ2) is 5.28. The van der Waals surface area contributed by atoms with Crippen LogP contribution in [0.15, 0.2) is 55.0 Å². The zero-order valence-electron chi connectivity index (χ0n) is 11.9. The first-order chi connectivity index (χ1) is 10.2. The number of hydrogen-bond acceptors (Lipinski definition) is 3. The lowest BCUT2D eigenvalue weighted by molar-refractivity contribution is 0.181. The standard InChI is InChI=1S/C16H15N3O2/c1-18-10-7-12-11-14(3-4-15(12)18)19(16(20)21-2)13-5-8-17-9-6-13/h3-11H,1-2H3. The van der Waals surface area contributed by atoms with E-state index < -0.39 is 6.09 Å². The molecule has 0 saturated carbocycles. The first-order valence-corrected chi connectivity index (χ1v) is 6.54. The summed E-state index contributed by atoms with van der Waals surface area (Å²) in [5.41, 5.74) is 2.58. The van der Waals surface area contributed by atoms with Crippen molar-refractivity contribution < 1.29 is 9.53 Å². The summed E-state index contributed by atoms with van der Waals surface area (Å²) in [5.74, 6) is 0. The van der Waals surface area contributed by atoms with Crippen molar-refractivity contribution in [1.82, 2.24) is 9.55 Å². The summed E-state index contributed by atoms with van der Waals surface area (Å²) in [4.78, 5) is 17.6. The number of carbonyl (C=O) groups is 1. The Hall–Kier alpha value is -2.82. The third-order valence-corrected chi connectivity index (χ3v) is 3.41. The fraction of sp³-hybridized carbons (Fsp3) is 0.125. The van der Waals surface area contributed by atoms with Crippen LogP contribution >= 0.6 is 0 Å². The van der Waals surface area contributed by atoms with E-state index in [1.807, 2.05) is 42.1 Å². The van der Waals surface area contributed by atoms with Gasteiger partial charge in [0.15, 0.2) is 0 Å². The molecule has 21 heavy (non-hydrogen) atoms. The van der Waals surface area contributed by atoms with Crippen molar-refractivity contribution in [2.24, 2.45) is 7.05 Å². The van der Waals surface area contributed by atoms with Crippen molar-refractivity contribution >= 4 is 28.4 Å². The van der Waals surface area contributed by atoms with Crippen LogP contribution in [0.25, 0.3) is 10.9 Å². The first-order valence-electron chi connectivity index (χ1n) is 6.54. The molecule has 0 N–H and O–H groups in total. The number of hydrogen-bond donors (Lipinski definition) is 0. The predicted octanol–water partition coefficient (Wildman–Crippen LogP) is 3.48. The number of benzene rings is 1. The molecule has 3 rings (SSSR count). The minimum atomic E-state index is -0.434. The summed E-state index contributed by atoms with van der Waals surface area (Å²) >= 11 is 0. The minimum Gasteiger partial charge on any atom is -0.452 e. The van der Waals surface area contributed by atoms with Crippen LogP contribution in [0.5, 0.6) is 0 Å². The van der Waals surface area contributed by atoms with Gasteiger partial charge in [-0.1, -0.05) is 0 Å². The van der Waals surface area contributed by atoms with Gasteiger partial charge in [-0.3, -0.25) is 4.98 Å². The lowest BCUT2D eigenvalue weighted by Gasteiger charge is -2.21. The van der Waals surface area contributed by atoms with Crippen molar-refractivity contribution in [1.29, 1.82) is 0 Å². The van der Waals surface area contributed by atoms with Gasteiger partial charge in [-0.15, -0.1) is 0 Å². The topological polar surface area (TPSA) is 47.4 Å². The third kappa shape index (κ3) is 2.33. The van der Waals surface area contributed by atoms with E-state index in [1.54, 1.807) is 24.5 Å². The highest BCUT2D eigenvalue weighted by Crippen LogP contribution is 2.29. The van der Waals surface area contributed by atoms with Crippen molar-refractivity contribution in [3.05, 3.63) is 55.0 Å². The Morgan fingerprint density at radius 2 is 1.90 bits per heavy atom. The largest absolute Gasteiger partial charge is 0.452 e. The fourth-order valence-electron chi connectivity index (χ4n) is 2.35. The van der Waals surface area contributed by atoms with Gasteiger partial charge in [0, 0.05) is 36.5 Å². The summed E-state index contributed by atoms with van der Waals surface area (Å²) in [7, 11) is 3.36. The van der Waals surface area contributed by atoms with Crippen LogP contribution in [-0.4, -0.2) is 22.8 Å². The smallest absolute Gasteiger partial charge is 0.418 e.